The minimum absolute atomic E-state index is 0.204. The van der Waals surface area contributed by atoms with Crippen LogP contribution in [0.4, 0.5) is 0 Å². The Morgan fingerprint density at radius 1 is 1.67 bits per heavy atom. The van der Waals surface area contributed by atoms with E-state index in [9.17, 15) is 4.79 Å². The van der Waals surface area contributed by atoms with Crippen LogP contribution in [0.1, 0.15) is 25.7 Å². The minimum atomic E-state index is 0.204. The molecule has 1 saturated heterocycles. The van der Waals surface area contributed by atoms with Gasteiger partial charge in [-0.05, 0) is 32.7 Å². The molecule has 1 aliphatic heterocycles. The topological polar surface area (TPSA) is 46.3 Å². The van der Waals surface area contributed by atoms with Gasteiger partial charge in [-0.2, -0.15) is 0 Å². The molecule has 69 valence electrons. The van der Waals surface area contributed by atoms with Crippen LogP contribution in [0.2, 0.25) is 0 Å². The maximum absolute atomic E-state index is 11.4. The molecule has 1 fully saturated rings. The molecular weight excluding hydrogens is 152 g/mol. The SMILES string of the molecule is [CH2]C1CCCN1C(=O)CCCN. The first kappa shape index (κ1) is 9.52. The van der Waals surface area contributed by atoms with Gasteiger partial charge in [-0.1, -0.05) is 0 Å². The van der Waals surface area contributed by atoms with Gasteiger partial charge in [0.2, 0.25) is 5.91 Å². The van der Waals surface area contributed by atoms with Crippen molar-refractivity contribution in [2.75, 3.05) is 13.1 Å². The summed E-state index contributed by atoms with van der Waals surface area (Å²) in [5, 5.41) is 0. The fourth-order valence-corrected chi connectivity index (χ4v) is 1.56. The predicted molar refractivity (Wildman–Crippen MR) is 48.4 cm³/mol. The molecule has 1 radical (unpaired) electrons. The van der Waals surface area contributed by atoms with Crippen LogP contribution in [0.25, 0.3) is 0 Å². The van der Waals surface area contributed by atoms with E-state index in [2.05, 4.69) is 6.92 Å². The van der Waals surface area contributed by atoms with Gasteiger partial charge in [0.25, 0.3) is 0 Å². The van der Waals surface area contributed by atoms with Gasteiger partial charge in [0.1, 0.15) is 0 Å². The lowest BCUT2D eigenvalue weighted by molar-refractivity contribution is -0.131. The molecule has 0 aromatic rings. The molecule has 0 aliphatic carbocycles. The van der Waals surface area contributed by atoms with Gasteiger partial charge in [0.15, 0.2) is 0 Å². The normalized spacial score (nSPS) is 23.2. The molecular formula is C9H17N2O. The lowest BCUT2D eigenvalue weighted by Gasteiger charge is -2.20. The summed E-state index contributed by atoms with van der Waals surface area (Å²) in [5.41, 5.74) is 5.32. The first-order valence-electron chi connectivity index (χ1n) is 4.58. The number of rotatable bonds is 3. The highest BCUT2D eigenvalue weighted by Gasteiger charge is 2.23. The number of hydrogen-bond acceptors (Lipinski definition) is 2. The smallest absolute Gasteiger partial charge is 0.222 e. The summed E-state index contributed by atoms with van der Waals surface area (Å²) in [6, 6.07) is 0.204. The highest BCUT2D eigenvalue weighted by Crippen LogP contribution is 2.17. The number of carbonyl (C=O) groups is 1. The maximum Gasteiger partial charge on any atom is 0.222 e. The zero-order valence-corrected chi connectivity index (χ0v) is 7.46. The van der Waals surface area contributed by atoms with E-state index < -0.39 is 0 Å². The summed E-state index contributed by atoms with van der Waals surface area (Å²) in [6.45, 7) is 5.41. The van der Waals surface area contributed by atoms with E-state index in [0.717, 1.165) is 25.8 Å². The molecule has 1 unspecified atom stereocenters. The fourth-order valence-electron chi connectivity index (χ4n) is 1.56. The molecule has 12 heavy (non-hydrogen) atoms. The molecule has 0 aromatic carbocycles. The van der Waals surface area contributed by atoms with Crippen molar-refractivity contribution >= 4 is 5.91 Å². The molecule has 1 rings (SSSR count). The van der Waals surface area contributed by atoms with Crippen LogP contribution < -0.4 is 5.73 Å². The zero-order valence-electron chi connectivity index (χ0n) is 7.46. The summed E-state index contributed by atoms with van der Waals surface area (Å²) < 4.78 is 0. The number of hydrogen-bond donors (Lipinski definition) is 1. The van der Waals surface area contributed by atoms with Crippen LogP contribution in [0.5, 0.6) is 0 Å². The molecule has 3 heteroatoms. The number of likely N-dealkylation sites (tertiary alicyclic amines) is 1. The lowest BCUT2D eigenvalue weighted by Crippen LogP contribution is -2.33. The van der Waals surface area contributed by atoms with Crippen LogP contribution in [0.3, 0.4) is 0 Å². The molecule has 2 N–H and O–H groups in total. The second-order valence-electron chi connectivity index (χ2n) is 3.28. The van der Waals surface area contributed by atoms with Crippen molar-refractivity contribution in [3.63, 3.8) is 0 Å². The van der Waals surface area contributed by atoms with Crippen LogP contribution in [0.15, 0.2) is 0 Å². The van der Waals surface area contributed by atoms with E-state index in [0.29, 0.717) is 13.0 Å². The second kappa shape index (κ2) is 4.45. The van der Waals surface area contributed by atoms with Gasteiger partial charge in [-0.3, -0.25) is 4.79 Å². The highest BCUT2D eigenvalue weighted by molar-refractivity contribution is 5.76. The van der Waals surface area contributed by atoms with E-state index in [1.807, 2.05) is 4.90 Å². The Morgan fingerprint density at radius 2 is 2.42 bits per heavy atom. The van der Waals surface area contributed by atoms with Gasteiger partial charge < -0.3 is 10.6 Å². The summed E-state index contributed by atoms with van der Waals surface area (Å²) >= 11 is 0. The maximum atomic E-state index is 11.4. The van der Waals surface area contributed by atoms with Crippen LogP contribution >= 0.6 is 0 Å². The average molecular weight is 169 g/mol. The van der Waals surface area contributed by atoms with Crippen molar-refractivity contribution in [2.24, 2.45) is 5.73 Å². The quantitative estimate of drug-likeness (QED) is 0.670. The lowest BCUT2D eigenvalue weighted by atomic mass is 10.2. The first-order chi connectivity index (χ1) is 5.75. The predicted octanol–water partition coefficient (Wildman–Crippen LogP) is 0.550. The average Bonchev–Trinajstić information content (AvgIpc) is 2.47. The summed E-state index contributed by atoms with van der Waals surface area (Å²) in [6.07, 6.45) is 3.53. The number of amides is 1. The number of carbonyl (C=O) groups excluding carboxylic acids is 1. The molecule has 1 amide bonds. The second-order valence-corrected chi connectivity index (χ2v) is 3.28. The van der Waals surface area contributed by atoms with Gasteiger partial charge >= 0.3 is 0 Å². The van der Waals surface area contributed by atoms with E-state index in [1.165, 1.54) is 0 Å². The van der Waals surface area contributed by atoms with Crippen LogP contribution in [-0.4, -0.2) is 29.9 Å². The summed E-state index contributed by atoms with van der Waals surface area (Å²) in [4.78, 5) is 13.3. The van der Waals surface area contributed by atoms with E-state index in [1.54, 1.807) is 0 Å². The molecule has 1 aliphatic rings. The third-order valence-corrected chi connectivity index (χ3v) is 2.29. The van der Waals surface area contributed by atoms with Crippen molar-refractivity contribution in [2.45, 2.75) is 31.7 Å². The third kappa shape index (κ3) is 2.21. The Bertz CT molecular complexity index is 159. The Morgan fingerprint density at radius 3 is 2.92 bits per heavy atom. The molecule has 0 saturated carbocycles. The van der Waals surface area contributed by atoms with Crippen molar-refractivity contribution in [3.05, 3.63) is 6.92 Å². The van der Waals surface area contributed by atoms with E-state index in [4.69, 9.17) is 5.73 Å². The highest BCUT2D eigenvalue weighted by atomic mass is 16.2. The van der Waals surface area contributed by atoms with E-state index in [-0.39, 0.29) is 11.9 Å². The Kier molecular flexibility index (Phi) is 3.53. The fraction of sp³-hybridized carbons (Fsp3) is 0.778. The minimum Gasteiger partial charge on any atom is -0.340 e. The molecule has 0 bridgehead atoms. The number of nitrogens with zero attached hydrogens (tertiary/aromatic N) is 1. The van der Waals surface area contributed by atoms with Crippen LogP contribution in [0, 0.1) is 6.92 Å². The van der Waals surface area contributed by atoms with Crippen LogP contribution in [-0.2, 0) is 4.79 Å². The monoisotopic (exact) mass is 169 g/mol. The summed E-state index contributed by atoms with van der Waals surface area (Å²) in [5.74, 6) is 0.220. The van der Waals surface area contributed by atoms with Crippen molar-refractivity contribution in [1.29, 1.82) is 0 Å². The van der Waals surface area contributed by atoms with Gasteiger partial charge in [-0.25, -0.2) is 0 Å². The van der Waals surface area contributed by atoms with E-state index >= 15 is 0 Å². The van der Waals surface area contributed by atoms with Crippen molar-refractivity contribution in [1.82, 2.24) is 4.90 Å². The molecule has 3 nitrogen and oxygen atoms in total. The van der Waals surface area contributed by atoms with Crippen molar-refractivity contribution in [3.8, 4) is 0 Å². The Labute approximate surface area is 73.9 Å². The van der Waals surface area contributed by atoms with Crippen molar-refractivity contribution < 1.29 is 4.79 Å². The molecule has 0 spiro atoms. The summed E-state index contributed by atoms with van der Waals surface area (Å²) in [7, 11) is 0. The third-order valence-electron chi connectivity index (χ3n) is 2.29. The van der Waals surface area contributed by atoms with Gasteiger partial charge in [0, 0.05) is 19.0 Å². The Hall–Kier alpha value is -0.570. The standard InChI is InChI=1S/C9H17N2O/c1-8-4-3-7-11(8)9(12)5-2-6-10/h8H,1-7,10H2. The first-order valence-corrected chi connectivity index (χ1v) is 4.58. The van der Waals surface area contributed by atoms with Gasteiger partial charge in [-0.15, -0.1) is 0 Å². The molecule has 1 heterocycles. The molecule has 0 aromatic heterocycles. The molecule has 1 atom stereocenters. The zero-order chi connectivity index (χ0) is 8.97. The Balaban J connectivity index is 2.30. The number of nitrogens with two attached hydrogens (primary N) is 1. The largest absolute Gasteiger partial charge is 0.340 e. The van der Waals surface area contributed by atoms with Gasteiger partial charge in [0.05, 0.1) is 0 Å².